The van der Waals surface area contributed by atoms with Crippen LogP contribution in [0.5, 0.6) is 0 Å². The molecule has 0 spiro atoms. The van der Waals surface area contributed by atoms with Crippen LogP contribution in [0.1, 0.15) is 28.7 Å². The first-order valence-electron chi connectivity index (χ1n) is 6.33. The van der Waals surface area contributed by atoms with Crippen LogP contribution in [-0.2, 0) is 12.8 Å². The molecule has 17 heavy (non-hydrogen) atoms. The van der Waals surface area contributed by atoms with Gasteiger partial charge in [0.25, 0.3) is 0 Å². The maximum Gasteiger partial charge on any atom is -0.00105 e. The number of hydrogen-bond donors (Lipinski definition) is 0. The molecule has 0 atom stereocenters. The Hall–Kier alpha value is -1.82. The van der Waals surface area contributed by atoms with E-state index < -0.39 is 0 Å². The molecule has 4 rings (SSSR count). The molecule has 0 heteroatoms. The molecule has 0 aliphatic heterocycles. The minimum absolute atomic E-state index is 1.13. The van der Waals surface area contributed by atoms with Crippen molar-refractivity contribution in [3.05, 3.63) is 64.7 Å². The predicted octanol–water partition coefficient (Wildman–Crippen LogP) is 4.22. The maximum absolute atomic E-state index is 2.30. The average molecular weight is 218 g/mol. The first kappa shape index (κ1) is 9.23. The third-order valence-corrected chi connectivity index (χ3v) is 4.00. The van der Waals surface area contributed by atoms with Gasteiger partial charge in [-0.2, -0.15) is 0 Å². The molecule has 0 saturated carbocycles. The summed E-state index contributed by atoms with van der Waals surface area (Å²) in [6.45, 7) is 0. The second kappa shape index (κ2) is 3.33. The Kier molecular flexibility index (Phi) is 1.81. The molecule has 82 valence electrons. The fraction of sp³-hybridized carbons (Fsp3) is 0.176. The zero-order valence-corrected chi connectivity index (χ0v) is 9.74. The van der Waals surface area contributed by atoms with Crippen molar-refractivity contribution in [3.8, 4) is 11.1 Å². The van der Waals surface area contributed by atoms with E-state index in [1.807, 2.05) is 0 Å². The Morgan fingerprint density at radius 2 is 1.76 bits per heavy atom. The van der Waals surface area contributed by atoms with Crippen molar-refractivity contribution < 1.29 is 0 Å². The van der Waals surface area contributed by atoms with E-state index in [-0.39, 0.29) is 0 Å². The lowest BCUT2D eigenvalue weighted by atomic mass is 9.90. The van der Waals surface area contributed by atoms with Crippen LogP contribution in [0.4, 0.5) is 0 Å². The Morgan fingerprint density at radius 1 is 0.824 bits per heavy atom. The van der Waals surface area contributed by atoms with Crippen LogP contribution in [0.25, 0.3) is 17.2 Å². The monoisotopic (exact) mass is 218 g/mol. The minimum atomic E-state index is 1.13. The van der Waals surface area contributed by atoms with Gasteiger partial charge in [0, 0.05) is 0 Å². The third kappa shape index (κ3) is 1.24. The molecule has 2 aliphatic carbocycles. The lowest BCUT2D eigenvalue weighted by Gasteiger charge is -2.15. The second-order valence-electron chi connectivity index (χ2n) is 4.93. The summed E-state index contributed by atoms with van der Waals surface area (Å²) in [5.74, 6) is 0. The summed E-state index contributed by atoms with van der Waals surface area (Å²) in [5, 5.41) is 0. The van der Waals surface area contributed by atoms with Gasteiger partial charge in [-0.3, -0.25) is 0 Å². The molecule has 0 N–H and O–H groups in total. The minimum Gasteiger partial charge on any atom is -0.0836 e. The van der Waals surface area contributed by atoms with Gasteiger partial charge in [0.05, 0.1) is 0 Å². The Labute approximate surface area is 102 Å². The summed E-state index contributed by atoms with van der Waals surface area (Å²) >= 11 is 0. The van der Waals surface area contributed by atoms with E-state index in [9.17, 15) is 0 Å². The molecule has 2 aromatic rings. The summed E-state index contributed by atoms with van der Waals surface area (Å²) in [7, 11) is 0. The van der Waals surface area contributed by atoms with Gasteiger partial charge in [-0.1, -0.05) is 48.6 Å². The van der Waals surface area contributed by atoms with Crippen molar-refractivity contribution in [2.45, 2.75) is 19.3 Å². The van der Waals surface area contributed by atoms with Crippen molar-refractivity contribution >= 4 is 6.08 Å². The molecule has 2 aromatic carbocycles. The van der Waals surface area contributed by atoms with Crippen molar-refractivity contribution in [3.63, 3.8) is 0 Å². The van der Waals surface area contributed by atoms with Crippen LogP contribution in [-0.4, -0.2) is 0 Å². The van der Waals surface area contributed by atoms with E-state index in [0.717, 1.165) is 6.42 Å². The van der Waals surface area contributed by atoms with E-state index in [1.54, 1.807) is 11.1 Å². The van der Waals surface area contributed by atoms with Crippen molar-refractivity contribution in [1.29, 1.82) is 0 Å². The van der Waals surface area contributed by atoms with Crippen LogP contribution >= 0.6 is 0 Å². The van der Waals surface area contributed by atoms with E-state index in [2.05, 4.69) is 48.6 Å². The van der Waals surface area contributed by atoms with E-state index in [0.29, 0.717) is 0 Å². The Morgan fingerprint density at radius 3 is 2.76 bits per heavy atom. The molecular weight excluding hydrogens is 204 g/mol. The molecule has 0 aromatic heterocycles. The summed E-state index contributed by atoms with van der Waals surface area (Å²) in [5.41, 5.74) is 9.00. The summed E-state index contributed by atoms with van der Waals surface area (Å²) < 4.78 is 0. The largest absolute Gasteiger partial charge is 0.0836 e. The number of fused-ring (bicyclic) bond motifs is 5. The molecule has 0 amide bonds. The molecule has 0 fully saturated rings. The highest BCUT2D eigenvalue weighted by Crippen LogP contribution is 2.40. The average Bonchev–Trinajstić information content (AvgIpc) is 2.78. The van der Waals surface area contributed by atoms with Crippen LogP contribution < -0.4 is 0 Å². The van der Waals surface area contributed by atoms with Crippen LogP contribution in [0.3, 0.4) is 0 Å². The van der Waals surface area contributed by atoms with Gasteiger partial charge < -0.3 is 0 Å². The zero-order chi connectivity index (χ0) is 11.2. The standard InChI is InChI=1S/C17H14/c1-3-7-14-12(5-1)9-10-16-15-8-4-2-6-13(15)11-17(14)16/h1-2,4-6,8-10H,3,7,11H2. The van der Waals surface area contributed by atoms with Crippen LogP contribution in [0, 0.1) is 0 Å². The quantitative estimate of drug-likeness (QED) is 0.530. The molecule has 2 aliphatic rings. The molecule has 0 heterocycles. The highest BCUT2D eigenvalue weighted by molar-refractivity contribution is 5.80. The number of allylic oxidation sites excluding steroid dienone is 1. The normalized spacial score (nSPS) is 15.3. The molecule has 0 nitrogen and oxygen atoms in total. The SMILES string of the molecule is C1=Cc2ccc3c(c2CC1)Cc1ccccc1-3. The number of rotatable bonds is 0. The van der Waals surface area contributed by atoms with Gasteiger partial charge >= 0.3 is 0 Å². The lowest BCUT2D eigenvalue weighted by molar-refractivity contribution is 0.963. The first-order valence-corrected chi connectivity index (χ1v) is 6.33. The number of hydrogen-bond acceptors (Lipinski definition) is 0. The van der Waals surface area contributed by atoms with Gasteiger partial charge in [-0.15, -0.1) is 0 Å². The Balaban J connectivity index is 2.00. The Bertz CT molecular complexity index is 632. The fourth-order valence-corrected chi connectivity index (χ4v) is 3.18. The van der Waals surface area contributed by atoms with Gasteiger partial charge in [0.15, 0.2) is 0 Å². The molecule has 0 radical (unpaired) electrons. The highest BCUT2D eigenvalue weighted by atomic mass is 14.3. The third-order valence-electron chi connectivity index (χ3n) is 4.00. The number of benzene rings is 2. The zero-order valence-electron chi connectivity index (χ0n) is 9.74. The van der Waals surface area contributed by atoms with E-state index in [1.165, 1.54) is 35.1 Å². The predicted molar refractivity (Wildman–Crippen MR) is 72.0 cm³/mol. The summed E-state index contributed by atoms with van der Waals surface area (Å²) in [4.78, 5) is 0. The summed E-state index contributed by atoms with van der Waals surface area (Å²) in [6.07, 6.45) is 8.10. The smallest absolute Gasteiger partial charge is 0.00105 e. The molecule has 0 unspecified atom stereocenters. The van der Waals surface area contributed by atoms with Gasteiger partial charge in [-0.05, 0) is 52.6 Å². The van der Waals surface area contributed by atoms with Gasteiger partial charge in [-0.25, -0.2) is 0 Å². The summed E-state index contributed by atoms with van der Waals surface area (Å²) in [6, 6.07) is 13.4. The van der Waals surface area contributed by atoms with E-state index in [4.69, 9.17) is 0 Å². The van der Waals surface area contributed by atoms with Gasteiger partial charge in [0.1, 0.15) is 0 Å². The maximum atomic E-state index is 2.30. The first-order chi connectivity index (χ1) is 8.43. The molecular formula is C17H14. The van der Waals surface area contributed by atoms with E-state index >= 15 is 0 Å². The second-order valence-corrected chi connectivity index (χ2v) is 4.93. The fourth-order valence-electron chi connectivity index (χ4n) is 3.18. The topological polar surface area (TPSA) is 0 Å². The van der Waals surface area contributed by atoms with Crippen molar-refractivity contribution in [1.82, 2.24) is 0 Å². The lowest BCUT2D eigenvalue weighted by Crippen LogP contribution is -1.99. The molecule has 0 bridgehead atoms. The highest BCUT2D eigenvalue weighted by Gasteiger charge is 2.22. The van der Waals surface area contributed by atoms with Crippen LogP contribution in [0.15, 0.2) is 42.5 Å². The molecule has 0 saturated heterocycles. The van der Waals surface area contributed by atoms with Crippen LogP contribution in [0.2, 0.25) is 0 Å². The van der Waals surface area contributed by atoms with Crippen molar-refractivity contribution in [2.75, 3.05) is 0 Å². The van der Waals surface area contributed by atoms with Gasteiger partial charge in [0.2, 0.25) is 0 Å². The van der Waals surface area contributed by atoms with Crippen molar-refractivity contribution in [2.24, 2.45) is 0 Å².